The normalized spacial score (nSPS) is 11.5. The number of fused-ring (bicyclic) bond motifs is 2. The lowest BCUT2D eigenvalue weighted by Crippen LogP contribution is -1.85. The number of thiophene rings is 1. The summed E-state index contributed by atoms with van der Waals surface area (Å²) in [6, 6.07) is 12.8. The zero-order valence-corrected chi connectivity index (χ0v) is 16.1. The summed E-state index contributed by atoms with van der Waals surface area (Å²) in [4.78, 5) is 22.0. The first-order valence-corrected chi connectivity index (χ1v) is 9.94. The van der Waals surface area contributed by atoms with Crippen LogP contribution < -0.4 is 0 Å². The number of hydrogen-bond donors (Lipinski definition) is 2. The van der Waals surface area contributed by atoms with E-state index in [-0.39, 0.29) is 5.13 Å². The van der Waals surface area contributed by atoms with Crippen molar-refractivity contribution in [1.82, 2.24) is 35.1 Å². The van der Waals surface area contributed by atoms with Crippen LogP contribution in [0.4, 0.5) is 4.39 Å². The van der Waals surface area contributed by atoms with Crippen LogP contribution in [0.3, 0.4) is 0 Å². The Kier molecular flexibility index (Phi) is 3.68. The highest BCUT2D eigenvalue weighted by atomic mass is 32.1. The van der Waals surface area contributed by atoms with Crippen molar-refractivity contribution in [1.29, 1.82) is 0 Å². The molecule has 6 heterocycles. The largest absolute Gasteiger partial charge is 0.321 e. The smallest absolute Gasteiger partial charge is 0.176 e. The molecule has 9 heteroatoms. The van der Waals surface area contributed by atoms with E-state index in [0.29, 0.717) is 28.3 Å². The highest BCUT2D eigenvalue weighted by Crippen LogP contribution is 2.34. The molecule has 0 saturated heterocycles. The standard InChI is InChI=1S/C21H12FN7S/c22-16-5-4-15(30-16)12-6-8-24-20-17(12)26-21(27-20)18-13-9-11(10-25-19(13)29-28-18)14-3-1-2-7-23-14/h1-10H,(H,24,26,27)(H,25,28,29). The first-order chi connectivity index (χ1) is 14.8. The van der Waals surface area contributed by atoms with Crippen molar-refractivity contribution in [2.75, 3.05) is 0 Å². The molecule has 0 bridgehead atoms. The minimum atomic E-state index is -0.239. The van der Waals surface area contributed by atoms with Gasteiger partial charge in [0.05, 0.1) is 11.1 Å². The summed E-state index contributed by atoms with van der Waals surface area (Å²) >= 11 is 1.08. The van der Waals surface area contributed by atoms with Crippen LogP contribution in [-0.4, -0.2) is 35.1 Å². The molecule has 0 atom stereocenters. The summed E-state index contributed by atoms with van der Waals surface area (Å²) in [5.74, 6) is 0.563. The van der Waals surface area contributed by atoms with Crippen molar-refractivity contribution < 1.29 is 4.39 Å². The fourth-order valence-electron chi connectivity index (χ4n) is 3.44. The molecular formula is C21H12FN7S. The van der Waals surface area contributed by atoms with Crippen LogP contribution in [0.2, 0.25) is 0 Å². The van der Waals surface area contributed by atoms with Gasteiger partial charge in [-0.3, -0.25) is 10.1 Å². The van der Waals surface area contributed by atoms with E-state index in [9.17, 15) is 4.39 Å². The molecule has 0 saturated carbocycles. The highest BCUT2D eigenvalue weighted by Gasteiger charge is 2.17. The van der Waals surface area contributed by atoms with E-state index in [1.807, 2.05) is 30.3 Å². The van der Waals surface area contributed by atoms with Crippen molar-refractivity contribution in [2.24, 2.45) is 0 Å². The van der Waals surface area contributed by atoms with Crippen molar-refractivity contribution in [2.45, 2.75) is 0 Å². The number of nitrogens with one attached hydrogen (secondary N) is 2. The van der Waals surface area contributed by atoms with Gasteiger partial charge in [0.1, 0.15) is 11.2 Å². The van der Waals surface area contributed by atoms with Gasteiger partial charge in [-0.15, -0.1) is 11.3 Å². The summed E-state index contributed by atoms with van der Waals surface area (Å²) in [5, 5.41) is 7.95. The summed E-state index contributed by atoms with van der Waals surface area (Å²) in [6.45, 7) is 0. The maximum atomic E-state index is 13.5. The number of H-pyrrole nitrogens is 2. The monoisotopic (exact) mass is 413 g/mol. The number of aromatic amines is 2. The molecule has 144 valence electrons. The number of rotatable bonds is 3. The number of nitrogens with zero attached hydrogens (tertiary/aromatic N) is 5. The third-order valence-corrected chi connectivity index (χ3v) is 5.73. The van der Waals surface area contributed by atoms with E-state index in [2.05, 4.69) is 30.1 Å². The van der Waals surface area contributed by atoms with Gasteiger partial charge in [-0.1, -0.05) is 6.07 Å². The minimum Gasteiger partial charge on any atom is -0.321 e. The number of pyridine rings is 3. The molecule has 0 aliphatic heterocycles. The Bertz CT molecular complexity index is 1520. The average molecular weight is 413 g/mol. The predicted octanol–water partition coefficient (Wildman–Crippen LogP) is 4.83. The molecule has 0 aromatic carbocycles. The third kappa shape index (κ3) is 2.67. The summed E-state index contributed by atoms with van der Waals surface area (Å²) in [5.41, 5.74) is 5.10. The van der Waals surface area contributed by atoms with Gasteiger partial charge in [-0.25, -0.2) is 15.0 Å². The van der Waals surface area contributed by atoms with Gasteiger partial charge < -0.3 is 4.98 Å². The Morgan fingerprint density at radius 3 is 2.73 bits per heavy atom. The summed E-state index contributed by atoms with van der Waals surface area (Å²) in [7, 11) is 0. The van der Waals surface area contributed by atoms with E-state index < -0.39 is 0 Å². The SMILES string of the molecule is Fc1ccc(-c2ccnc3[nH]c(-c4n[nH]c5ncc(-c6ccccn6)cc45)nc23)s1. The van der Waals surface area contributed by atoms with Gasteiger partial charge in [-0.05, 0) is 36.4 Å². The quantitative estimate of drug-likeness (QED) is 0.433. The fraction of sp³-hybridized carbons (Fsp3) is 0. The third-order valence-electron chi connectivity index (χ3n) is 4.82. The highest BCUT2D eigenvalue weighted by molar-refractivity contribution is 7.14. The van der Waals surface area contributed by atoms with Gasteiger partial charge in [0, 0.05) is 34.6 Å². The zero-order chi connectivity index (χ0) is 20.1. The van der Waals surface area contributed by atoms with Crippen molar-refractivity contribution in [3.05, 3.63) is 66.2 Å². The molecule has 0 unspecified atom stereocenters. The topological polar surface area (TPSA) is 96.0 Å². The number of aromatic nitrogens is 7. The lowest BCUT2D eigenvalue weighted by Gasteiger charge is -2.00. The molecule has 7 nitrogen and oxygen atoms in total. The Morgan fingerprint density at radius 2 is 1.90 bits per heavy atom. The van der Waals surface area contributed by atoms with Crippen LogP contribution >= 0.6 is 11.3 Å². The van der Waals surface area contributed by atoms with Gasteiger partial charge in [0.2, 0.25) is 0 Å². The summed E-state index contributed by atoms with van der Waals surface area (Å²) < 4.78 is 13.5. The average Bonchev–Trinajstić information content (AvgIpc) is 3.51. The second kappa shape index (κ2) is 6.53. The van der Waals surface area contributed by atoms with Gasteiger partial charge in [0.15, 0.2) is 22.2 Å². The molecule has 30 heavy (non-hydrogen) atoms. The van der Waals surface area contributed by atoms with Crippen LogP contribution in [0, 0.1) is 5.13 Å². The van der Waals surface area contributed by atoms with E-state index in [1.54, 1.807) is 24.7 Å². The Labute approximate surface area is 172 Å². The van der Waals surface area contributed by atoms with E-state index in [1.165, 1.54) is 6.07 Å². The van der Waals surface area contributed by atoms with Gasteiger partial charge in [0.25, 0.3) is 0 Å². The number of hydrogen-bond acceptors (Lipinski definition) is 6. The number of halogens is 1. The molecule has 0 aliphatic carbocycles. The first-order valence-electron chi connectivity index (χ1n) is 9.12. The molecular weight excluding hydrogens is 401 g/mol. The molecule has 0 aliphatic rings. The number of imidazole rings is 1. The Morgan fingerprint density at radius 1 is 0.933 bits per heavy atom. The molecule has 6 rings (SSSR count). The van der Waals surface area contributed by atoms with Crippen molar-refractivity contribution in [3.8, 4) is 33.2 Å². The molecule has 6 aromatic heterocycles. The van der Waals surface area contributed by atoms with E-state index in [4.69, 9.17) is 4.98 Å². The van der Waals surface area contributed by atoms with E-state index >= 15 is 0 Å². The molecule has 2 N–H and O–H groups in total. The van der Waals surface area contributed by atoms with Gasteiger partial charge in [-0.2, -0.15) is 9.49 Å². The molecule has 0 amide bonds. The lowest BCUT2D eigenvalue weighted by molar-refractivity contribution is 0.657. The van der Waals surface area contributed by atoms with E-state index in [0.717, 1.165) is 38.4 Å². The molecule has 0 spiro atoms. The van der Waals surface area contributed by atoms with Crippen LogP contribution in [-0.2, 0) is 0 Å². The molecule has 0 fully saturated rings. The van der Waals surface area contributed by atoms with Crippen LogP contribution in [0.5, 0.6) is 0 Å². The maximum absolute atomic E-state index is 13.5. The van der Waals surface area contributed by atoms with Crippen molar-refractivity contribution >= 4 is 33.5 Å². The predicted molar refractivity (Wildman–Crippen MR) is 113 cm³/mol. The van der Waals surface area contributed by atoms with Crippen LogP contribution in [0.15, 0.2) is 61.1 Å². The molecule has 6 aromatic rings. The van der Waals surface area contributed by atoms with Crippen molar-refractivity contribution in [3.63, 3.8) is 0 Å². The van der Waals surface area contributed by atoms with Gasteiger partial charge >= 0.3 is 0 Å². The Balaban J connectivity index is 1.52. The lowest BCUT2D eigenvalue weighted by atomic mass is 10.1. The van der Waals surface area contributed by atoms with Crippen LogP contribution in [0.25, 0.3) is 55.4 Å². The zero-order valence-electron chi connectivity index (χ0n) is 15.3. The summed E-state index contributed by atoms with van der Waals surface area (Å²) in [6.07, 6.45) is 5.19. The van der Waals surface area contributed by atoms with Crippen LogP contribution in [0.1, 0.15) is 0 Å². The molecule has 0 radical (unpaired) electrons. The maximum Gasteiger partial charge on any atom is 0.176 e. The Hall–Kier alpha value is -3.98. The second-order valence-electron chi connectivity index (χ2n) is 6.65. The minimum absolute atomic E-state index is 0.239. The first kappa shape index (κ1) is 16.9. The second-order valence-corrected chi connectivity index (χ2v) is 7.69. The fourth-order valence-corrected chi connectivity index (χ4v) is 4.20.